The van der Waals surface area contributed by atoms with Gasteiger partial charge in [-0.3, -0.25) is 60.7 Å². The Morgan fingerprint density at radius 1 is 0.172 bits per heavy atom. The van der Waals surface area contributed by atoms with Gasteiger partial charge in [0.25, 0.3) is 0 Å². The normalized spacial score (nSPS) is 12.4. The minimum Gasteiger partial charge on any atom is -0.264 e. The fourth-order valence-corrected chi connectivity index (χ4v) is 10.3. The Morgan fingerprint density at radius 2 is 0.310 bits per heavy atom. The SMILES string of the molecule is CCCCCC(CCCC)[N+](=O)[O-].CCCCCCC(CCC)[N+](=O)[O-].CCCCCCC(CCCCCC)[N+](=O)[O-].CCCCCCCC(CC)[N+](=O)[O-].CCCCCCCCC(CCCC)[N+](=O)[O-].CCCCCCCCCC(CCC)[N+](=O)[O-]. The Morgan fingerprint density at radius 3 is 0.494 bits per heavy atom. The third-order valence-corrected chi connectivity index (χ3v) is 16.3. The van der Waals surface area contributed by atoms with Crippen LogP contribution in [0.2, 0.25) is 0 Å². The van der Waals surface area contributed by atoms with Crippen LogP contribution in [0.15, 0.2) is 0 Å². The first-order valence-electron chi connectivity index (χ1n) is 36.6. The zero-order valence-electron chi connectivity index (χ0n) is 59.1. The summed E-state index contributed by atoms with van der Waals surface area (Å²) in [6, 6.07) is -1.74. The molecule has 0 aliphatic heterocycles. The van der Waals surface area contributed by atoms with Crippen LogP contribution in [0.1, 0.15) is 411 Å². The molecule has 0 rings (SSSR count). The summed E-state index contributed by atoms with van der Waals surface area (Å²) in [4.78, 5) is 63.3. The first-order valence-corrected chi connectivity index (χ1v) is 36.6. The highest BCUT2D eigenvalue weighted by atomic mass is 16.6. The van der Waals surface area contributed by atoms with Crippen LogP contribution in [0.3, 0.4) is 0 Å². The molecule has 0 heterocycles. The van der Waals surface area contributed by atoms with Gasteiger partial charge in [0.05, 0.1) is 0 Å². The molecule has 0 saturated carbocycles. The van der Waals surface area contributed by atoms with E-state index in [1.807, 2.05) is 20.8 Å². The molecule has 0 aromatic rings. The van der Waals surface area contributed by atoms with Crippen LogP contribution in [0, 0.1) is 60.7 Å². The first kappa shape index (κ1) is 94.5. The molecule has 87 heavy (non-hydrogen) atoms. The smallest absolute Gasteiger partial charge is 0.213 e. The summed E-state index contributed by atoms with van der Waals surface area (Å²) in [7, 11) is 0. The molecule has 0 aromatic heterocycles. The summed E-state index contributed by atoms with van der Waals surface area (Å²) in [5.41, 5.74) is 0. The number of rotatable bonds is 57. The molecule has 0 bridgehead atoms. The Kier molecular flexibility index (Phi) is 85.3. The van der Waals surface area contributed by atoms with Crippen molar-refractivity contribution in [2.24, 2.45) is 0 Å². The average Bonchev–Trinajstić information content (AvgIpc) is 3.50. The number of hydrogen-bond donors (Lipinski definition) is 0. The van der Waals surface area contributed by atoms with Crippen molar-refractivity contribution in [3.63, 3.8) is 0 Å². The molecule has 0 saturated heterocycles. The fourth-order valence-electron chi connectivity index (χ4n) is 10.3. The highest BCUT2D eigenvalue weighted by molar-refractivity contribution is 4.62. The first-order chi connectivity index (χ1) is 41.8. The van der Waals surface area contributed by atoms with Gasteiger partial charge in [0.1, 0.15) is 0 Å². The molecule has 0 fully saturated rings. The fraction of sp³-hybridized carbons (Fsp3) is 1.00. The van der Waals surface area contributed by atoms with Gasteiger partial charge in [-0.15, -0.1) is 0 Å². The van der Waals surface area contributed by atoms with Crippen molar-refractivity contribution in [2.45, 2.75) is 447 Å². The van der Waals surface area contributed by atoms with Crippen LogP contribution in [0.25, 0.3) is 0 Å². The van der Waals surface area contributed by atoms with Gasteiger partial charge in [-0.05, 0) is 70.6 Å². The lowest BCUT2D eigenvalue weighted by molar-refractivity contribution is -0.524. The minimum atomic E-state index is -0.304. The van der Waals surface area contributed by atoms with Gasteiger partial charge in [-0.25, -0.2) is 0 Å². The van der Waals surface area contributed by atoms with Crippen molar-refractivity contribution in [1.29, 1.82) is 0 Å². The van der Waals surface area contributed by atoms with E-state index < -0.39 is 0 Å². The predicted octanol–water partition coefficient (Wildman–Crippen LogP) is 23.9. The molecule has 18 heteroatoms. The minimum absolute atomic E-state index is 0.0715. The van der Waals surface area contributed by atoms with Crippen LogP contribution in [0.4, 0.5) is 0 Å². The molecule has 5 atom stereocenters. The van der Waals surface area contributed by atoms with Gasteiger partial charge in [-0.2, -0.15) is 0 Å². The van der Waals surface area contributed by atoms with Crippen LogP contribution in [0.5, 0.6) is 0 Å². The number of hydrogen-bond acceptors (Lipinski definition) is 12. The summed E-state index contributed by atoms with van der Waals surface area (Å²) in [5, 5.41) is 63.9. The maximum Gasteiger partial charge on any atom is 0.213 e. The highest BCUT2D eigenvalue weighted by Gasteiger charge is 2.22. The monoisotopic (exact) mass is 1250 g/mol. The number of nitro groups is 6. The Labute approximate surface area is 535 Å². The largest absolute Gasteiger partial charge is 0.264 e. The third kappa shape index (κ3) is 76.6. The summed E-state index contributed by atoms with van der Waals surface area (Å²) in [6.45, 7) is 25.2. The maximum absolute atomic E-state index is 10.8. The van der Waals surface area contributed by atoms with E-state index in [2.05, 4.69) is 62.3 Å². The van der Waals surface area contributed by atoms with E-state index in [1.165, 1.54) is 116 Å². The third-order valence-electron chi connectivity index (χ3n) is 16.3. The van der Waals surface area contributed by atoms with Crippen molar-refractivity contribution in [3.8, 4) is 0 Å². The van der Waals surface area contributed by atoms with Gasteiger partial charge >= 0.3 is 0 Å². The zero-order chi connectivity index (χ0) is 67.0. The molecular weight excluding hydrogens is 1100 g/mol. The lowest BCUT2D eigenvalue weighted by Crippen LogP contribution is -2.19. The Bertz CT molecular complexity index is 1450. The van der Waals surface area contributed by atoms with Crippen molar-refractivity contribution in [3.05, 3.63) is 60.7 Å². The lowest BCUT2D eigenvalue weighted by atomic mass is 10.0. The van der Waals surface area contributed by atoms with Crippen molar-refractivity contribution >= 4 is 0 Å². The second-order valence-corrected chi connectivity index (χ2v) is 24.6. The van der Waals surface area contributed by atoms with Gasteiger partial charge in [0.15, 0.2) is 0 Å². The van der Waals surface area contributed by atoms with E-state index in [-0.39, 0.29) is 65.8 Å². The molecule has 18 nitrogen and oxygen atoms in total. The molecule has 5 unspecified atom stereocenters. The number of nitrogens with zero attached hydrogens (tertiary/aromatic N) is 6. The zero-order valence-corrected chi connectivity index (χ0v) is 59.1. The van der Waals surface area contributed by atoms with Crippen molar-refractivity contribution in [1.82, 2.24) is 0 Å². The molecule has 522 valence electrons. The molecule has 0 radical (unpaired) electrons. The Hall–Kier alpha value is -3.60. The summed E-state index contributed by atoms with van der Waals surface area (Å²) in [5.74, 6) is 0. The molecular formula is C69H144N6O12. The van der Waals surface area contributed by atoms with E-state index in [4.69, 9.17) is 0 Å². The molecule has 0 N–H and O–H groups in total. The van der Waals surface area contributed by atoms with E-state index in [9.17, 15) is 60.7 Å². The van der Waals surface area contributed by atoms with Gasteiger partial charge in [0.2, 0.25) is 36.3 Å². The van der Waals surface area contributed by atoms with Crippen molar-refractivity contribution < 1.29 is 29.5 Å². The van der Waals surface area contributed by atoms with Crippen molar-refractivity contribution in [2.75, 3.05) is 0 Å². The van der Waals surface area contributed by atoms with Crippen LogP contribution in [-0.4, -0.2) is 65.8 Å². The second kappa shape index (κ2) is 78.5. The average molecular weight is 1250 g/mol. The Balaban J connectivity index is -0.000000227. The quantitative estimate of drug-likeness (QED) is 0.0313. The van der Waals surface area contributed by atoms with E-state index in [0.29, 0.717) is 6.42 Å². The molecule has 0 amide bonds. The highest BCUT2D eigenvalue weighted by Crippen LogP contribution is 2.19. The molecule has 0 spiro atoms. The number of unbranched alkanes of at least 4 members (excludes halogenated alkanes) is 28. The topological polar surface area (TPSA) is 259 Å². The van der Waals surface area contributed by atoms with E-state index in [1.54, 1.807) is 0 Å². The summed E-state index contributed by atoms with van der Waals surface area (Å²) < 4.78 is 0. The summed E-state index contributed by atoms with van der Waals surface area (Å²) in [6.07, 6.45) is 53.7. The molecule has 0 aromatic carbocycles. The molecule has 0 aliphatic carbocycles. The summed E-state index contributed by atoms with van der Waals surface area (Å²) >= 11 is 0. The predicted molar refractivity (Wildman–Crippen MR) is 368 cm³/mol. The standard InChI is InChI=1S/3C13H27NO2.3C10H21NO2/c1-3-5-6-7-8-9-10-12-13(11-4-2)14(15)16;1-3-5-7-8-9-10-12-13(14(15)16)11-6-4-2;1-3-5-7-9-11-13(14(15)16)12-10-8-6-4-2;1-3-5-6-7-8-9-10(4-2)11(12)13;1-3-5-6-7-9-10(8-4-2)11(12)13;1-3-5-7-9-10(11(12)13)8-6-4-2/h3*13H,3-12H2,1-2H3;3*10H,3-9H2,1-2H3. The maximum atomic E-state index is 10.8. The lowest BCUT2D eigenvalue weighted by Gasteiger charge is -2.08. The van der Waals surface area contributed by atoms with Crippen LogP contribution < -0.4 is 0 Å². The van der Waals surface area contributed by atoms with Gasteiger partial charge in [0, 0.05) is 107 Å². The van der Waals surface area contributed by atoms with Crippen LogP contribution >= 0.6 is 0 Å². The second-order valence-electron chi connectivity index (χ2n) is 24.6. The van der Waals surface area contributed by atoms with Gasteiger partial charge in [-0.1, -0.05) is 263 Å². The van der Waals surface area contributed by atoms with Crippen LogP contribution in [-0.2, 0) is 0 Å². The van der Waals surface area contributed by atoms with E-state index in [0.717, 1.165) is 205 Å². The molecule has 0 aliphatic rings. The van der Waals surface area contributed by atoms with E-state index >= 15 is 0 Å². The van der Waals surface area contributed by atoms with Gasteiger partial charge < -0.3 is 0 Å².